The van der Waals surface area contributed by atoms with Crippen molar-refractivity contribution in [3.8, 4) is 5.75 Å². The van der Waals surface area contributed by atoms with Crippen molar-refractivity contribution in [2.24, 2.45) is 0 Å². The van der Waals surface area contributed by atoms with Crippen LogP contribution in [0.2, 0.25) is 0 Å². The van der Waals surface area contributed by atoms with Gasteiger partial charge in [-0.1, -0.05) is 17.7 Å². The molecule has 104 valence electrons. The Kier molecular flexibility index (Phi) is 3.89. The molecule has 4 heteroatoms. The van der Waals surface area contributed by atoms with Crippen molar-refractivity contribution in [3.63, 3.8) is 0 Å². The van der Waals surface area contributed by atoms with E-state index in [0.29, 0.717) is 6.42 Å². The second-order valence-electron chi connectivity index (χ2n) is 5.07. The van der Waals surface area contributed by atoms with Gasteiger partial charge in [0, 0.05) is 20.9 Å². The van der Waals surface area contributed by atoms with Crippen molar-refractivity contribution < 1.29 is 9.84 Å². The van der Waals surface area contributed by atoms with Crippen LogP contribution in [0.4, 0.5) is 0 Å². The minimum absolute atomic E-state index is 0.121. The zero-order valence-corrected chi connectivity index (χ0v) is 14.1. The number of fused-ring (bicyclic) bond motifs is 1. The van der Waals surface area contributed by atoms with Crippen molar-refractivity contribution in [2.75, 3.05) is 0 Å². The average molecular weight is 398 g/mol. The summed E-state index contributed by atoms with van der Waals surface area (Å²) >= 11 is 6.97. The Morgan fingerprint density at radius 1 is 1.10 bits per heavy atom. The summed E-state index contributed by atoms with van der Waals surface area (Å²) in [5.41, 5.74) is 3.08. The lowest BCUT2D eigenvalue weighted by atomic mass is 9.94. The molecule has 0 radical (unpaired) electrons. The first-order valence-corrected chi connectivity index (χ1v) is 8.03. The van der Waals surface area contributed by atoms with Gasteiger partial charge in [-0.05, 0) is 68.6 Å². The molecule has 0 saturated carbocycles. The number of ether oxygens (including phenoxy) is 1. The van der Waals surface area contributed by atoms with Crippen molar-refractivity contribution in [1.29, 1.82) is 0 Å². The first-order valence-electron chi connectivity index (χ1n) is 6.45. The number of aliphatic hydroxyl groups is 1. The molecule has 0 aromatic heterocycles. The van der Waals surface area contributed by atoms with E-state index in [2.05, 4.69) is 31.9 Å². The van der Waals surface area contributed by atoms with Crippen LogP contribution in [0.1, 0.15) is 35.3 Å². The van der Waals surface area contributed by atoms with Gasteiger partial charge in [0.05, 0.1) is 6.10 Å². The molecule has 1 unspecified atom stereocenters. The van der Waals surface area contributed by atoms with E-state index in [0.717, 1.165) is 31.4 Å². The van der Waals surface area contributed by atoms with E-state index in [1.165, 1.54) is 0 Å². The van der Waals surface area contributed by atoms with Gasteiger partial charge in [0.1, 0.15) is 11.9 Å². The van der Waals surface area contributed by atoms with Crippen LogP contribution in [0.3, 0.4) is 0 Å². The molecule has 20 heavy (non-hydrogen) atoms. The maximum atomic E-state index is 10.3. The molecule has 0 amide bonds. The number of rotatable bonds is 1. The normalized spacial score (nSPS) is 21.2. The van der Waals surface area contributed by atoms with Gasteiger partial charge in [-0.2, -0.15) is 0 Å². The predicted molar refractivity (Wildman–Crippen MR) is 86.0 cm³/mol. The molecule has 1 N–H and O–H groups in total. The third-order valence-electron chi connectivity index (χ3n) is 3.55. The molecule has 2 aromatic rings. The van der Waals surface area contributed by atoms with Crippen LogP contribution in [0, 0.1) is 6.92 Å². The van der Waals surface area contributed by atoms with E-state index >= 15 is 0 Å². The zero-order valence-electron chi connectivity index (χ0n) is 10.9. The standard InChI is InChI=1S/C16H14Br2O2/c1-9-2-5-15-11(6-9)14(19)8-16(20-15)10-3-4-12(17)13(18)7-10/h2-7,14,16,19H,8H2,1H3/t14-,16?/m1/s1. The highest BCUT2D eigenvalue weighted by Crippen LogP contribution is 2.41. The van der Waals surface area contributed by atoms with Crippen LogP contribution in [0.15, 0.2) is 45.3 Å². The Bertz CT molecular complexity index is 655. The molecule has 2 aromatic carbocycles. The molecule has 0 bridgehead atoms. The maximum absolute atomic E-state index is 10.3. The molecule has 0 aliphatic carbocycles. The topological polar surface area (TPSA) is 29.5 Å². The molecule has 2 atom stereocenters. The molecular weight excluding hydrogens is 384 g/mol. The molecule has 0 fully saturated rings. The van der Waals surface area contributed by atoms with Gasteiger partial charge in [0.2, 0.25) is 0 Å². The van der Waals surface area contributed by atoms with Crippen molar-refractivity contribution in [2.45, 2.75) is 25.6 Å². The number of hydrogen-bond donors (Lipinski definition) is 1. The van der Waals surface area contributed by atoms with Gasteiger partial charge in [0.25, 0.3) is 0 Å². The Hall–Kier alpha value is -0.840. The van der Waals surface area contributed by atoms with Crippen LogP contribution in [-0.2, 0) is 0 Å². The fourth-order valence-electron chi connectivity index (χ4n) is 2.48. The second-order valence-corrected chi connectivity index (χ2v) is 6.78. The quantitative estimate of drug-likeness (QED) is 0.727. The van der Waals surface area contributed by atoms with Gasteiger partial charge in [0.15, 0.2) is 0 Å². The lowest BCUT2D eigenvalue weighted by Gasteiger charge is -2.30. The molecular formula is C16H14Br2O2. The number of aliphatic hydroxyl groups excluding tert-OH is 1. The Morgan fingerprint density at radius 2 is 1.90 bits per heavy atom. The predicted octanol–water partition coefficient (Wildman–Crippen LogP) is 5.08. The largest absolute Gasteiger partial charge is 0.485 e. The number of benzene rings is 2. The van der Waals surface area contributed by atoms with Crippen LogP contribution >= 0.6 is 31.9 Å². The third kappa shape index (κ3) is 2.65. The fourth-order valence-corrected chi connectivity index (χ4v) is 3.13. The van der Waals surface area contributed by atoms with Crippen molar-refractivity contribution >= 4 is 31.9 Å². The van der Waals surface area contributed by atoms with E-state index in [4.69, 9.17) is 4.74 Å². The Labute approximate surface area is 135 Å². The third-order valence-corrected chi connectivity index (χ3v) is 5.43. The van der Waals surface area contributed by atoms with Crippen LogP contribution in [-0.4, -0.2) is 5.11 Å². The van der Waals surface area contributed by atoms with Gasteiger partial charge in [-0.3, -0.25) is 0 Å². The van der Waals surface area contributed by atoms with Gasteiger partial charge >= 0.3 is 0 Å². The summed E-state index contributed by atoms with van der Waals surface area (Å²) < 4.78 is 8.04. The first-order chi connectivity index (χ1) is 9.54. The SMILES string of the molecule is Cc1ccc2c(c1)[C@H](O)CC(c1ccc(Br)c(Br)c1)O2. The Balaban J connectivity index is 1.94. The van der Waals surface area contributed by atoms with E-state index < -0.39 is 6.10 Å². The number of halogens is 2. The summed E-state index contributed by atoms with van der Waals surface area (Å²) in [6.07, 6.45) is -0.0273. The van der Waals surface area contributed by atoms with E-state index in [1.807, 2.05) is 43.3 Å². The minimum atomic E-state index is -0.480. The summed E-state index contributed by atoms with van der Waals surface area (Å²) in [5, 5.41) is 10.3. The number of hydrogen-bond acceptors (Lipinski definition) is 2. The summed E-state index contributed by atoms with van der Waals surface area (Å²) in [6.45, 7) is 2.02. The molecule has 1 heterocycles. The molecule has 1 aliphatic heterocycles. The summed E-state index contributed by atoms with van der Waals surface area (Å²) in [4.78, 5) is 0. The van der Waals surface area contributed by atoms with Gasteiger partial charge in [-0.25, -0.2) is 0 Å². The lowest BCUT2D eigenvalue weighted by Crippen LogP contribution is -2.19. The van der Waals surface area contributed by atoms with Crippen LogP contribution in [0.5, 0.6) is 5.75 Å². The average Bonchev–Trinajstić information content (AvgIpc) is 2.42. The van der Waals surface area contributed by atoms with E-state index in [1.54, 1.807) is 0 Å². The molecule has 2 nitrogen and oxygen atoms in total. The second kappa shape index (κ2) is 5.51. The van der Waals surface area contributed by atoms with Gasteiger partial charge in [-0.15, -0.1) is 0 Å². The first kappa shape index (κ1) is 14.1. The monoisotopic (exact) mass is 396 g/mol. The molecule has 0 saturated heterocycles. The Morgan fingerprint density at radius 3 is 2.65 bits per heavy atom. The molecule has 0 spiro atoms. The molecule has 1 aliphatic rings. The number of aryl methyl sites for hydroxylation is 1. The highest BCUT2D eigenvalue weighted by Gasteiger charge is 2.28. The van der Waals surface area contributed by atoms with Crippen LogP contribution in [0.25, 0.3) is 0 Å². The summed E-state index contributed by atoms with van der Waals surface area (Å²) in [7, 11) is 0. The zero-order chi connectivity index (χ0) is 14.3. The smallest absolute Gasteiger partial charge is 0.127 e. The summed E-state index contributed by atoms with van der Waals surface area (Å²) in [6, 6.07) is 12.0. The lowest BCUT2D eigenvalue weighted by molar-refractivity contribution is 0.0656. The van der Waals surface area contributed by atoms with E-state index in [-0.39, 0.29) is 6.10 Å². The highest BCUT2D eigenvalue weighted by atomic mass is 79.9. The van der Waals surface area contributed by atoms with Crippen molar-refractivity contribution in [3.05, 3.63) is 62.0 Å². The van der Waals surface area contributed by atoms with Crippen molar-refractivity contribution in [1.82, 2.24) is 0 Å². The maximum Gasteiger partial charge on any atom is 0.127 e. The van der Waals surface area contributed by atoms with Gasteiger partial charge < -0.3 is 9.84 Å². The summed E-state index contributed by atoms with van der Waals surface area (Å²) in [5.74, 6) is 0.776. The van der Waals surface area contributed by atoms with Crippen LogP contribution < -0.4 is 4.74 Å². The fraction of sp³-hybridized carbons (Fsp3) is 0.250. The highest BCUT2D eigenvalue weighted by molar-refractivity contribution is 9.13. The molecule has 3 rings (SSSR count). The van der Waals surface area contributed by atoms with E-state index in [9.17, 15) is 5.11 Å². The minimum Gasteiger partial charge on any atom is -0.485 e.